The van der Waals surface area contributed by atoms with E-state index < -0.39 is 14.8 Å². The molecule has 7 nitrogen and oxygen atoms in total. The summed E-state index contributed by atoms with van der Waals surface area (Å²) >= 11 is 2.18. The Morgan fingerprint density at radius 1 is 1.15 bits per heavy atom. The van der Waals surface area contributed by atoms with E-state index in [9.17, 15) is 13.2 Å². The zero-order chi connectivity index (χ0) is 23.9. The van der Waals surface area contributed by atoms with Gasteiger partial charge in [-0.15, -0.1) is 0 Å². The summed E-state index contributed by atoms with van der Waals surface area (Å²) in [6.07, 6.45) is 9.11. The molecular formula is C25H24IN3O4S. The lowest BCUT2D eigenvalue weighted by Gasteiger charge is -2.28. The van der Waals surface area contributed by atoms with E-state index in [1.165, 1.54) is 3.97 Å². The molecule has 1 fully saturated rings. The van der Waals surface area contributed by atoms with Crippen LogP contribution < -0.4 is 0 Å². The fourth-order valence-electron chi connectivity index (χ4n) is 4.34. The Morgan fingerprint density at radius 2 is 1.94 bits per heavy atom. The highest BCUT2D eigenvalue weighted by Gasteiger charge is 2.40. The van der Waals surface area contributed by atoms with E-state index >= 15 is 0 Å². The third kappa shape index (κ3) is 4.09. The van der Waals surface area contributed by atoms with E-state index in [2.05, 4.69) is 27.6 Å². The summed E-state index contributed by atoms with van der Waals surface area (Å²) in [6, 6.07) is 11.1. The number of rotatable bonds is 4. The number of benzene rings is 1. The topological polar surface area (TPSA) is 81.5 Å². The Morgan fingerprint density at radius 3 is 2.71 bits per heavy atom. The largest absolute Gasteiger partial charge is 0.378 e. The number of aromatic nitrogens is 2. The van der Waals surface area contributed by atoms with Crippen LogP contribution in [0.25, 0.3) is 22.2 Å². The van der Waals surface area contributed by atoms with Crippen LogP contribution in [-0.4, -0.2) is 59.2 Å². The van der Waals surface area contributed by atoms with Crippen molar-refractivity contribution in [3.05, 3.63) is 76.2 Å². The van der Waals surface area contributed by atoms with Crippen LogP contribution in [0.2, 0.25) is 0 Å². The monoisotopic (exact) mass is 589 g/mol. The number of hydrogen-bond acceptors (Lipinski definition) is 5. The van der Waals surface area contributed by atoms with Crippen LogP contribution in [0.3, 0.4) is 0 Å². The molecule has 1 atom stereocenters. The highest BCUT2D eigenvalue weighted by Crippen LogP contribution is 2.36. The van der Waals surface area contributed by atoms with E-state index in [4.69, 9.17) is 4.74 Å². The van der Waals surface area contributed by atoms with Gasteiger partial charge >= 0.3 is 0 Å². The average Bonchev–Trinajstić information content (AvgIpc) is 3.28. The number of fused-ring (bicyclic) bond motifs is 1. The SMILES string of the molecule is CC1(S(=O)(=O)n2ccc3cc(-c4cccc(C(=O)N5CCOCC5)c4)cnc32)C=CC=C(I)C1. The number of carbonyl (C=O) groups excluding carboxylic acids is 1. The lowest BCUT2D eigenvalue weighted by molar-refractivity contribution is 0.0303. The van der Waals surface area contributed by atoms with Crippen molar-refractivity contribution in [2.45, 2.75) is 18.1 Å². The molecule has 34 heavy (non-hydrogen) atoms. The first kappa shape index (κ1) is 23.3. The maximum absolute atomic E-state index is 13.5. The lowest BCUT2D eigenvalue weighted by Crippen LogP contribution is -2.40. The van der Waals surface area contributed by atoms with Crippen LogP contribution in [0.15, 0.2) is 70.6 Å². The van der Waals surface area contributed by atoms with E-state index in [1.807, 2.05) is 36.4 Å². The third-order valence-electron chi connectivity index (χ3n) is 6.33. The number of pyridine rings is 1. The number of hydrogen-bond donors (Lipinski definition) is 0. The van der Waals surface area contributed by atoms with Gasteiger partial charge < -0.3 is 9.64 Å². The predicted octanol–water partition coefficient (Wildman–Crippen LogP) is 4.39. The number of morpholine rings is 1. The zero-order valence-corrected chi connectivity index (χ0v) is 21.6. The molecule has 2 aliphatic rings. The number of nitrogens with zero attached hydrogens (tertiary/aromatic N) is 3. The molecule has 1 unspecified atom stereocenters. The van der Waals surface area contributed by atoms with Gasteiger partial charge in [0.1, 0.15) is 4.75 Å². The lowest BCUT2D eigenvalue weighted by atomic mass is 10.0. The molecule has 1 aliphatic carbocycles. The summed E-state index contributed by atoms with van der Waals surface area (Å²) in [5.74, 6) is -0.0195. The van der Waals surface area contributed by atoms with Crippen molar-refractivity contribution in [2.24, 2.45) is 0 Å². The predicted molar refractivity (Wildman–Crippen MR) is 140 cm³/mol. The van der Waals surface area contributed by atoms with Gasteiger partial charge in [-0.2, -0.15) is 0 Å². The highest BCUT2D eigenvalue weighted by atomic mass is 127. The molecule has 0 bridgehead atoms. The summed E-state index contributed by atoms with van der Waals surface area (Å²) in [5, 5.41) is 0.722. The molecule has 5 rings (SSSR count). The Bertz CT molecular complexity index is 1440. The molecule has 3 aromatic rings. The molecule has 0 saturated carbocycles. The minimum absolute atomic E-state index is 0.0195. The molecule has 1 aliphatic heterocycles. The van der Waals surface area contributed by atoms with Crippen molar-refractivity contribution in [1.29, 1.82) is 0 Å². The number of carbonyl (C=O) groups is 1. The van der Waals surface area contributed by atoms with Crippen LogP contribution in [0.4, 0.5) is 0 Å². The van der Waals surface area contributed by atoms with Gasteiger partial charge in [-0.3, -0.25) is 4.79 Å². The summed E-state index contributed by atoms with van der Waals surface area (Å²) in [4.78, 5) is 19.2. The molecule has 1 amide bonds. The van der Waals surface area contributed by atoms with Crippen molar-refractivity contribution in [3.63, 3.8) is 0 Å². The summed E-state index contributed by atoms with van der Waals surface area (Å²) in [7, 11) is -3.72. The Labute approximate surface area is 212 Å². The van der Waals surface area contributed by atoms with Crippen LogP contribution >= 0.6 is 22.6 Å². The van der Waals surface area contributed by atoms with Crippen LogP contribution in [0.1, 0.15) is 23.7 Å². The fraction of sp³-hybridized carbons (Fsp3) is 0.280. The van der Waals surface area contributed by atoms with Crippen molar-refractivity contribution in [2.75, 3.05) is 26.3 Å². The molecule has 9 heteroatoms. The maximum atomic E-state index is 13.5. The second-order valence-electron chi connectivity index (χ2n) is 8.70. The standard InChI is InChI=1S/C25H24IN3O4S/c1-25(8-3-6-22(26)16-25)34(31,32)29-9-7-19-15-21(17-27-23(19)29)18-4-2-5-20(14-18)24(30)28-10-12-33-13-11-28/h2-9,14-15,17H,10-13,16H2,1H3. The van der Waals surface area contributed by atoms with E-state index in [0.717, 1.165) is 20.1 Å². The van der Waals surface area contributed by atoms with Crippen molar-refractivity contribution in [3.8, 4) is 11.1 Å². The molecule has 2 aromatic heterocycles. The molecule has 1 aromatic carbocycles. The van der Waals surface area contributed by atoms with Gasteiger partial charge in [-0.05, 0) is 62.9 Å². The molecule has 176 valence electrons. The number of halogens is 1. The second kappa shape index (κ2) is 8.94. The maximum Gasteiger partial charge on any atom is 0.254 e. The molecule has 0 spiro atoms. The van der Waals surface area contributed by atoms with Gasteiger partial charge in [0.25, 0.3) is 5.91 Å². The van der Waals surface area contributed by atoms with Crippen LogP contribution in [0, 0.1) is 0 Å². The molecule has 0 N–H and O–H groups in total. The van der Waals surface area contributed by atoms with Gasteiger partial charge in [-0.1, -0.05) is 30.4 Å². The average molecular weight is 589 g/mol. The first-order valence-corrected chi connectivity index (χ1v) is 13.5. The first-order valence-electron chi connectivity index (χ1n) is 11.0. The van der Waals surface area contributed by atoms with Gasteiger partial charge in [0.05, 0.1) is 13.2 Å². The van der Waals surface area contributed by atoms with Crippen molar-refractivity contribution < 1.29 is 17.9 Å². The highest BCUT2D eigenvalue weighted by molar-refractivity contribution is 14.1. The molecule has 1 saturated heterocycles. The van der Waals surface area contributed by atoms with Crippen LogP contribution in [0.5, 0.6) is 0 Å². The smallest absolute Gasteiger partial charge is 0.254 e. The van der Waals surface area contributed by atoms with Crippen LogP contribution in [-0.2, 0) is 14.8 Å². The summed E-state index contributed by atoms with van der Waals surface area (Å²) < 4.78 is 33.7. The van der Waals surface area contributed by atoms with Gasteiger partial charge in [-0.25, -0.2) is 17.4 Å². The Hall–Kier alpha value is -2.50. The van der Waals surface area contributed by atoms with E-state index in [0.29, 0.717) is 43.9 Å². The first-order chi connectivity index (χ1) is 16.3. The number of ether oxygens (including phenoxy) is 1. The Balaban J connectivity index is 1.47. The minimum atomic E-state index is -3.72. The fourth-order valence-corrected chi connectivity index (χ4v) is 7.24. The third-order valence-corrected chi connectivity index (χ3v) is 9.34. The van der Waals surface area contributed by atoms with E-state index in [1.54, 1.807) is 42.4 Å². The minimum Gasteiger partial charge on any atom is -0.378 e. The van der Waals surface area contributed by atoms with Crippen molar-refractivity contribution >= 4 is 49.6 Å². The number of allylic oxidation sites excluding steroid dienone is 3. The normalized spacial score (nSPS) is 21.0. The number of amides is 1. The van der Waals surface area contributed by atoms with Crippen molar-refractivity contribution in [1.82, 2.24) is 13.9 Å². The second-order valence-corrected chi connectivity index (χ2v) is 12.4. The summed E-state index contributed by atoms with van der Waals surface area (Å²) in [6.45, 7) is 4.01. The zero-order valence-electron chi connectivity index (χ0n) is 18.6. The van der Waals surface area contributed by atoms with Gasteiger partial charge in [0.15, 0.2) is 5.65 Å². The molecular weight excluding hydrogens is 565 g/mol. The summed E-state index contributed by atoms with van der Waals surface area (Å²) in [5.41, 5.74) is 2.68. The van der Waals surface area contributed by atoms with Gasteiger partial charge in [0, 0.05) is 48.4 Å². The Kier molecular flexibility index (Phi) is 6.11. The molecule has 0 radical (unpaired) electrons. The van der Waals surface area contributed by atoms with Gasteiger partial charge in [0.2, 0.25) is 10.0 Å². The van der Waals surface area contributed by atoms with E-state index in [-0.39, 0.29) is 5.91 Å². The quantitative estimate of drug-likeness (QED) is 0.422. The molecule has 3 heterocycles.